The number of methoxy groups -OCH3 is 2. The lowest BCUT2D eigenvalue weighted by Crippen LogP contribution is -2.37. The van der Waals surface area contributed by atoms with Crippen molar-refractivity contribution in [3.05, 3.63) is 94.7 Å². The molecule has 0 aliphatic carbocycles. The quantitative estimate of drug-likeness (QED) is 0.537. The molecule has 0 N–H and O–H groups in total. The molecule has 2 aliphatic heterocycles. The maximum atomic E-state index is 13.8. The van der Waals surface area contributed by atoms with Crippen LogP contribution in [0.3, 0.4) is 0 Å². The van der Waals surface area contributed by atoms with E-state index < -0.39 is 0 Å². The number of nitrogens with zero attached hydrogens (tertiary/aromatic N) is 2. The lowest BCUT2D eigenvalue weighted by molar-refractivity contribution is -0.120. The van der Waals surface area contributed by atoms with Crippen LogP contribution in [0, 0.1) is 6.92 Å². The number of hydrogen-bond donors (Lipinski definition) is 0. The Hall–Kier alpha value is -4.06. The summed E-state index contributed by atoms with van der Waals surface area (Å²) < 4.78 is 10.9. The van der Waals surface area contributed by atoms with Gasteiger partial charge in [0, 0.05) is 13.1 Å². The molecule has 6 nitrogen and oxygen atoms in total. The Balaban J connectivity index is 1.65. The number of amides is 2. The lowest BCUT2D eigenvalue weighted by Gasteiger charge is -2.31. The summed E-state index contributed by atoms with van der Waals surface area (Å²) in [6.07, 6.45) is 0.810. The molecule has 0 spiro atoms. The largest absolute Gasteiger partial charge is 0.493 e. The third kappa shape index (κ3) is 3.61. The Labute approximate surface area is 199 Å². The van der Waals surface area contributed by atoms with E-state index in [0.29, 0.717) is 47.1 Å². The van der Waals surface area contributed by atoms with Gasteiger partial charge in [-0.05, 0) is 59.9 Å². The zero-order valence-corrected chi connectivity index (χ0v) is 19.5. The summed E-state index contributed by atoms with van der Waals surface area (Å²) in [4.78, 5) is 31.0. The predicted molar refractivity (Wildman–Crippen MR) is 131 cm³/mol. The van der Waals surface area contributed by atoms with Gasteiger partial charge in [0.05, 0.1) is 25.5 Å². The van der Waals surface area contributed by atoms with E-state index in [1.165, 1.54) is 16.0 Å². The first-order valence-corrected chi connectivity index (χ1v) is 11.3. The molecule has 0 aromatic heterocycles. The van der Waals surface area contributed by atoms with Gasteiger partial charge in [-0.2, -0.15) is 0 Å². The van der Waals surface area contributed by atoms with Crippen LogP contribution in [0.2, 0.25) is 0 Å². The molecule has 172 valence electrons. The number of benzene rings is 3. The van der Waals surface area contributed by atoms with Crippen LogP contribution in [0.4, 0.5) is 5.69 Å². The molecule has 3 aromatic rings. The van der Waals surface area contributed by atoms with Gasteiger partial charge in [0.15, 0.2) is 11.5 Å². The zero-order chi connectivity index (χ0) is 23.8. The van der Waals surface area contributed by atoms with Crippen molar-refractivity contribution in [3.8, 4) is 11.5 Å². The van der Waals surface area contributed by atoms with Crippen molar-refractivity contribution in [2.45, 2.75) is 19.9 Å². The van der Waals surface area contributed by atoms with Gasteiger partial charge in [-0.15, -0.1) is 0 Å². The number of fused-ring (bicyclic) bond motifs is 1. The molecule has 0 unspecified atom stereocenters. The molecule has 3 aromatic carbocycles. The lowest BCUT2D eigenvalue weighted by atomic mass is 9.97. The van der Waals surface area contributed by atoms with Crippen molar-refractivity contribution < 1.29 is 19.1 Å². The molecule has 0 saturated heterocycles. The molecule has 0 radical (unpaired) electrons. The first kappa shape index (κ1) is 21.8. The van der Waals surface area contributed by atoms with E-state index in [-0.39, 0.29) is 11.8 Å². The molecule has 6 heteroatoms. The smallest absolute Gasteiger partial charge is 0.282 e. The summed E-state index contributed by atoms with van der Waals surface area (Å²) in [5.74, 6) is 0.425. The minimum atomic E-state index is -0.336. The summed E-state index contributed by atoms with van der Waals surface area (Å²) in [6.45, 7) is 3.17. The van der Waals surface area contributed by atoms with Crippen molar-refractivity contribution in [1.82, 2.24) is 4.90 Å². The Kier molecular flexibility index (Phi) is 5.57. The van der Waals surface area contributed by atoms with Crippen molar-refractivity contribution >= 4 is 23.1 Å². The molecular formula is C28H26N2O4. The van der Waals surface area contributed by atoms with Crippen molar-refractivity contribution in [2.75, 3.05) is 25.7 Å². The summed E-state index contributed by atoms with van der Waals surface area (Å²) in [5.41, 5.74) is 5.42. The highest BCUT2D eigenvalue weighted by molar-refractivity contribution is 6.45. The number of ether oxygens (including phenoxy) is 2. The summed E-state index contributed by atoms with van der Waals surface area (Å²) >= 11 is 0. The van der Waals surface area contributed by atoms with E-state index in [2.05, 4.69) is 12.1 Å². The summed E-state index contributed by atoms with van der Waals surface area (Å²) in [6, 6.07) is 21.0. The first-order valence-electron chi connectivity index (χ1n) is 11.3. The molecule has 5 rings (SSSR count). The van der Waals surface area contributed by atoms with Gasteiger partial charge in [0.2, 0.25) is 0 Å². The van der Waals surface area contributed by atoms with Gasteiger partial charge in [-0.1, -0.05) is 42.5 Å². The topological polar surface area (TPSA) is 59.1 Å². The Bertz CT molecular complexity index is 1330. The highest BCUT2D eigenvalue weighted by Gasteiger charge is 2.43. The number of anilines is 1. The second-order valence-corrected chi connectivity index (χ2v) is 8.52. The maximum Gasteiger partial charge on any atom is 0.282 e. The third-order valence-corrected chi connectivity index (χ3v) is 6.44. The standard InChI is InChI=1S/C28H26N2O4/c1-18-7-6-10-22(15-18)30-27(31)25(20-11-12-23(33-2)24(16-20)34-3)26(28(30)32)29-14-13-19-8-4-5-9-21(19)17-29/h4-12,15-16H,13-14,17H2,1-3H3. The number of aryl methyl sites for hydroxylation is 1. The summed E-state index contributed by atoms with van der Waals surface area (Å²) in [7, 11) is 3.12. The van der Waals surface area contributed by atoms with Crippen LogP contribution < -0.4 is 14.4 Å². The molecule has 0 bridgehead atoms. The highest BCUT2D eigenvalue weighted by atomic mass is 16.5. The normalized spacial score (nSPS) is 15.6. The number of hydrogen-bond acceptors (Lipinski definition) is 5. The van der Waals surface area contributed by atoms with Gasteiger partial charge in [-0.25, -0.2) is 4.90 Å². The van der Waals surface area contributed by atoms with Gasteiger partial charge in [0.1, 0.15) is 5.70 Å². The van der Waals surface area contributed by atoms with E-state index in [1.807, 2.05) is 42.2 Å². The second kappa shape index (κ2) is 8.71. The first-order chi connectivity index (χ1) is 16.5. The molecule has 0 saturated carbocycles. The van der Waals surface area contributed by atoms with Gasteiger partial charge >= 0.3 is 0 Å². The third-order valence-electron chi connectivity index (χ3n) is 6.44. The number of carbonyl (C=O) groups is 2. The monoisotopic (exact) mass is 454 g/mol. The fourth-order valence-electron chi connectivity index (χ4n) is 4.75. The van der Waals surface area contributed by atoms with Crippen LogP contribution in [0.1, 0.15) is 22.3 Å². The van der Waals surface area contributed by atoms with Crippen molar-refractivity contribution in [2.24, 2.45) is 0 Å². The van der Waals surface area contributed by atoms with E-state index in [4.69, 9.17) is 9.47 Å². The van der Waals surface area contributed by atoms with E-state index in [0.717, 1.165) is 12.0 Å². The predicted octanol–water partition coefficient (Wildman–Crippen LogP) is 4.36. The van der Waals surface area contributed by atoms with Crippen molar-refractivity contribution in [3.63, 3.8) is 0 Å². The molecule has 2 aliphatic rings. The number of rotatable bonds is 5. The van der Waals surface area contributed by atoms with E-state index in [9.17, 15) is 9.59 Å². The summed E-state index contributed by atoms with van der Waals surface area (Å²) in [5, 5.41) is 0. The fraction of sp³-hybridized carbons (Fsp3) is 0.214. The molecule has 2 heterocycles. The Morgan fingerprint density at radius 3 is 2.29 bits per heavy atom. The minimum Gasteiger partial charge on any atom is -0.493 e. The second-order valence-electron chi connectivity index (χ2n) is 8.52. The Morgan fingerprint density at radius 2 is 1.56 bits per heavy atom. The fourth-order valence-corrected chi connectivity index (χ4v) is 4.75. The van der Waals surface area contributed by atoms with Crippen LogP contribution in [0.5, 0.6) is 11.5 Å². The molecule has 2 amide bonds. The van der Waals surface area contributed by atoms with Gasteiger partial charge < -0.3 is 14.4 Å². The highest BCUT2D eigenvalue weighted by Crippen LogP contribution is 2.39. The average molecular weight is 455 g/mol. The number of carbonyl (C=O) groups excluding carboxylic acids is 2. The Morgan fingerprint density at radius 1 is 0.794 bits per heavy atom. The number of imide groups is 1. The van der Waals surface area contributed by atoms with E-state index >= 15 is 0 Å². The zero-order valence-electron chi connectivity index (χ0n) is 19.5. The van der Waals surface area contributed by atoms with E-state index in [1.54, 1.807) is 38.5 Å². The van der Waals surface area contributed by atoms with Crippen LogP contribution in [-0.4, -0.2) is 37.5 Å². The van der Waals surface area contributed by atoms with Crippen LogP contribution in [0.15, 0.2) is 72.4 Å². The van der Waals surface area contributed by atoms with Crippen LogP contribution >= 0.6 is 0 Å². The maximum absolute atomic E-state index is 13.8. The molecule has 34 heavy (non-hydrogen) atoms. The molecule has 0 atom stereocenters. The SMILES string of the molecule is COc1ccc(C2=C(N3CCc4ccccc4C3)C(=O)N(c3cccc(C)c3)C2=O)cc1OC. The average Bonchev–Trinajstić information content (AvgIpc) is 3.12. The minimum absolute atomic E-state index is 0.306. The molecule has 0 fully saturated rings. The van der Waals surface area contributed by atoms with Gasteiger partial charge in [-0.3, -0.25) is 9.59 Å². The van der Waals surface area contributed by atoms with Crippen LogP contribution in [0.25, 0.3) is 5.57 Å². The molecular weight excluding hydrogens is 428 g/mol. The van der Waals surface area contributed by atoms with Crippen molar-refractivity contribution in [1.29, 1.82) is 0 Å². The van der Waals surface area contributed by atoms with Gasteiger partial charge in [0.25, 0.3) is 11.8 Å². The van der Waals surface area contributed by atoms with Crippen LogP contribution in [-0.2, 0) is 22.6 Å².